The van der Waals surface area contributed by atoms with E-state index in [4.69, 9.17) is 9.47 Å². The molecular formula is C19H23N3O3. The Balaban J connectivity index is 1.24. The van der Waals surface area contributed by atoms with Gasteiger partial charge in [-0.15, -0.1) is 0 Å². The van der Waals surface area contributed by atoms with Crippen LogP contribution in [0.25, 0.3) is 0 Å². The molecule has 1 aliphatic heterocycles. The second-order valence-corrected chi connectivity index (χ2v) is 6.76. The molecule has 2 heterocycles. The Morgan fingerprint density at radius 3 is 2.84 bits per heavy atom. The molecule has 1 atom stereocenters. The summed E-state index contributed by atoms with van der Waals surface area (Å²) in [6, 6.07) is 9.64. The van der Waals surface area contributed by atoms with Crippen LogP contribution in [0.1, 0.15) is 53.3 Å². The van der Waals surface area contributed by atoms with Gasteiger partial charge < -0.3 is 14.8 Å². The van der Waals surface area contributed by atoms with Crippen LogP contribution in [0.15, 0.2) is 30.3 Å². The molecule has 1 saturated heterocycles. The third kappa shape index (κ3) is 4.20. The number of H-pyrrole nitrogens is 1. The highest BCUT2D eigenvalue weighted by atomic mass is 16.5. The van der Waals surface area contributed by atoms with Gasteiger partial charge in [0.25, 0.3) is 5.91 Å². The lowest BCUT2D eigenvalue weighted by molar-refractivity contribution is 0.0679. The third-order valence-corrected chi connectivity index (χ3v) is 4.68. The number of ether oxygens (including phenoxy) is 2. The molecular weight excluding hydrogens is 318 g/mol. The number of hydrogen-bond donors (Lipinski definition) is 2. The molecule has 1 aliphatic carbocycles. The van der Waals surface area contributed by atoms with Gasteiger partial charge in [0, 0.05) is 24.8 Å². The largest absolute Gasteiger partial charge is 0.491 e. The molecule has 2 aromatic rings. The van der Waals surface area contributed by atoms with Gasteiger partial charge in [-0.3, -0.25) is 9.89 Å². The first-order chi connectivity index (χ1) is 12.3. The van der Waals surface area contributed by atoms with Gasteiger partial charge in [-0.2, -0.15) is 5.10 Å². The first-order valence-electron chi connectivity index (χ1n) is 8.95. The second-order valence-electron chi connectivity index (χ2n) is 6.76. The number of aromatic nitrogens is 2. The predicted octanol–water partition coefficient (Wildman–Crippen LogP) is 2.77. The predicted molar refractivity (Wildman–Crippen MR) is 92.6 cm³/mol. The number of nitrogens with one attached hydrogen (secondary N) is 2. The van der Waals surface area contributed by atoms with E-state index >= 15 is 0 Å². The van der Waals surface area contributed by atoms with Gasteiger partial charge in [0.15, 0.2) is 0 Å². The van der Waals surface area contributed by atoms with Crippen LogP contribution in [0.5, 0.6) is 5.75 Å². The van der Waals surface area contributed by atoms with Crippen molar-refractivity contribution in [3.05, 3.63) is 47.3 Å². The van der Waals surface area contributed by atoms with Crippen LogP contribution in [0.2, 0.25) is 0 Å². The van der Waals surface area contributed by atoms with Crippen LogP contribution >= 0.6 is 0 Å². The molecule has 1 aromatic heterocycles. The van der Waals surface area contributed by atoms with Crippen molar-refractivity contribution >= 4 is 5.91 Å². The molecule has 0 radical (unpaired) electrons. The first kappa shape index (κ1) is 16.1. The monoisotopic (exact) mass is 341 g/mol. The van der Waals surface area contributed by atoms with Crippen molar-refractivity contribution in [3.63, 3.8) is 0 Å². The Morgan fingerprint density at radius 1 is 1.28 bits per heavy atom. The van der Waals surface area contributed by atoms with Crippen molar-refractivity contribution in [1.29, 1.82) is 0 Å². The highest BCUT2D eigenvalue weighted by molar-refractivity contribution is 5.92. The van der Waals surface area contributed by atoms with E-state index in [-0.39, 0.29) is 12.0 Å². The lowest BCUT2D eigenvalue weighted by Gasteiger charge is -2.11. The topological polar surface area (TPSA) is 76.2 Å². The van der Waals surface area contributed by atoms with Crippen LogP contribution in [-0.4, -0.2) is 35.4 Å². The van der Waals surface area contributed by atoms with E-state index in [1.54, 1.807) is 0 Å². The molecule has 4 rings (SSSR count). The minimum Gasteiger partial charge on any atom is -0.491 e. The molecule has 132 valence electrons. The zero-order valence-corrected chi connectivity index (χ0v) is 14.2. The Hall–Kier alpha value is -2.34. The zero-order valence-electron chi connectivity index (χ0n) is 14.2. The van der Waals surface area contributed by atoms with Gasteiger partial charge in [-0.05, 0) is 49.4 Å². The maximum Gasteiger partial charge on any atom is 0.272 e. The summed E-state index contributed by atoms with van der Waals surface area (Å²) in [5.74, 6) is 1.24. The summed E-state index contributed by atoms with van der Waals surface area (Å²) in [5, 5.41) is 9.95. The maximum absolute atomic E-state index is 12.2. The van der Waals surface area contributed by atoms with Gasteiger partial charge in [0.2, 0.25) is 0 Å². The SMILES string of the molecule is O=C(NCc1ccc(OCC2CCCO2)cc1)c1cc(C2CC2)[nH]n1. The highest BCUT2D eigenvalue weighted by Gasteiger charge is 2.26. The van der Waals surface area contributed by atoms with Gasteiger partial charge >= 0.3 is 0 Å². The van der Waals surface area contributed by atoms with Crippen LogP contribution in [0, 0.1) is 0 Å². The number of nitrogens with zero attached hydrogens (tertiary/aromatic N) is 1. The summed E-state index contributed by atoms with van der Waals surface area (Å²) in [5.41, 5.74) is 2.55. The number of aromatic amines is 1. The van der Waals surface area contributed by atoms with Gasteiger partial charge in [0.1, 0.15) is 18.1 Å². The van der Waals surface area contributed by atoms with E-state index in [0.29, 0.717) is 24.8 Å². The summed E-state index contributed by atoms with van der Waals surface area (Å²) in [4.78, 5) is 12.2. The number of amides is 1. The van der Waals surface area contributed by atoms with Crippen LogP contribution < -0.4 is 10.1 Å². The van der Waals surface area contributed by atoms with Crippen LogP contribution in [0.4, 0.5) is 0 Å². The van der Waals surface area contributed by atoms with Crippen molar-refractivity contribution < 1.29 is 14.3 Å². The molecule has 2 N–H and O–H groups in total. The summed E-state index contributed by atoms with van der Waals surface area (Å²) in [6.07, 6.45) is 4.77. The number of carbonyl (C=O) groups excluding carboxylic acids is 1. The van der Waals surface area contributed by atoms with Crippen molar-refractivity contribution in [2.45, 2.75) is 44.2 Å². The number of carbonyl (C=O) groups is 1. The second kappa shape index (κ2) is 7.27. The average molecular weight is 341 g/mol. The fourth-order valence-corrected chi connectivity index (χ4v) is 3.00. The fourth-order valence-electron chi connectivity index (χ4n) is 3.00. The summed E-state index contributed by atoms with van der Waals surface area (Å²) in [6.45, 7) is 1.90. The van der Waals surface area contributed by atoms with E-state index in [2.05, 4.69) is 15.5 Å². The van der Waals surface area contributed by atoms with E-state index in [1.165, 1.54) is 12.8 Å². The molecule has 0 bridgehead atoms. The van der Waals surface area contributed by atoms with E-state index in [9.17, 15) is 4.79 Å². The smallest absolute Gasteiger partial charge is 0.272 e. The Bertz CT molecular complexity index is 716. The zero-order chi connectivity index (χ0) is 17.1. The molecule has 1 saturated carbocycles. The summed E-state index contributed by atoms with van der Waals surface area (Å²) >= 11 is 0. The number of benzene rings is 1. The molecule has 25 heavy (non-hydrogen) atoms. The standard InChI is InChI=1S/C19H23N3O3/c23-19(18-10-17(21-22-18)14-5-6-14)20-11-13-3-7-15(8-4-13)25-12-16-2-1-9-24-16/h3-4,7-8,10,14,16H,1-2,5-6,9,11-12H2,(H,20,23)(H,21,22). The van der Waals surface area contributed by atoms with Gasteiger partial charge in [0.05, 0.1) is 6.10 Å². The highest BCUT2D eigenvalue weighted by Crippen LogP contribution is 2.38. The quantitative estimate of drug-likeness (QED) is 0.812. The molecule has 2 aliphatic rings. The minimum atomic E-state index is -0.151. The minimum absolute atomic E-state index is 0.151. The molecule has 6 nitrogen and oxygen atoms in total. The number of hydrogen-bond acceptors (Lipinski definition) is 4. The fraction of sp³-hybridized carbons (Fsp3) is 0.474. The van der Waals surface area contributed by atoms with Crippen LogP contribution in [-0.2, 0) is 11.3 Å². The molecule has 1 aromatic carbocycles. The van der Waals surface area contributed by atoms with Gasteiger partial charge in [-0.1, -0.05) is 12.1 Å². The summed E-state index contributed by atoms with van der Waals surface area (Å²) < 4.78 is 11.3. The van der Waals surface area contributed by atoms with E-state index in [0.717, 1.165) is 36.5 Å². The van der Waals surface area contributed by atoms with E-state index < -0.39 is 0 Å². The third-order valence-electron chi connectivity index (χ3n) is 4.68. The number of rotatable bonds is 7. The molecule has 1 unspecified atom stereocenters. The Morgan fingerprint density at radius 2 is 2.12 bits per heavy atom. The van der Waals surface area contributed by atoms with Gasteiger partial charge in [-0.25, -0.2) is 0 Å². The lowest BCUT2D eigenvalue weighted by atomic mass is 10.2. The molecule has 1 amide bonds. The Labute approximate surface area is 146 Å². The first-order valence-corrected chi connectivity index (χ1v) is 8.95. The maximum atomic E-state index is 12.2. The average Bonchev–Trinajstić information content (AvgIpc) is 3.15. The Kier molecular flexibility index (Phi) is 4.70. The lowest BCUT2D eigenvalue weighted by Crippen LogP contribution is -2.23. The van der Waals surface area contributed by atoms with Crippen molar-refractivity contribution in [1.82, 2.24) is 15.5 Å². The van der Waals surface area contributed by atoms with Crippen molar-refractivity contribution in [2.75, 3.05) is 13.2 Å². The molecule has 0 spiro atoms. The van der Waals surface area contributed by atoms with Crippen molar-refractivity contribution in [3.8, 4) is 5.75 Å². The normalized spacial score (nSPS) is 19.8. The van der Waals surface area contributed by atoms with Crippen LogP contribution in [0.3, 0.4) is 0 Å². The molecule has 6 heteroatoms. The summed E-state index contributed by atoms with van der Waals surface area (Å²) in [7, 11) is 0. The van der Waals surface area contributed by atoms with E-state index in [1.807, 2.05) is 30.3 Å². The molecule has 2 fully saturated rings. The van der Waals surface area contributed by atoms with Crippen molar-refractivity contribution in [2.24, 2.45) is 0 Å².